The Bertz CT molecular complexity index is 708. The lowest BCUT2D eigenvalue weighted by molar-refractivity contribution is -0.115. The van der Waals surface area contributed by atoms with Crippen molar-refractivity contribution in [3.8, 4) is 11.8 Å². The molecule has 1 N–H and O–H groups in total. The summed E-state index contributed by atoms with van der Waals surface area (Å²) >= 11 is 6.00. The van der Waals surface area contributed by atoms with Gasteiger partial charge in [0.1, 0.15) is 5.75 Å². The maximum atomic E-state index is 12.0. The maximum absolute atomic E-state index is 12.0. The third-order valence-corrected chi connectivity index (χ3v) is 3.20. The molecule has 0 aliphatic carbocycles. The van der Waals surface area contributed by atoms with Crippen LogP contribution in [-0.4, -0.2) is 13.0 Å². The maximum Gasteiger partial charge on any atom is 0.228 e. The van der Waals surface area contributed by atoms with Gasteiger partial charge in [-0.3, -0.25) is 4.79 Å². The molecule has 1 amide bonds. The molecule has 2 rings (SSSR count). The van der Waals surface area contributed by atoms with Gasteiger partial charge in [-0.2, -0.15) is 5.26 Å². The third kappa shape index (κ3) is 3.98. The van der Waals surface area contributed by atoms with Gasteiger partial charge in [-0.25, -0.2) is 0 Å². The Labute approximate surface area is 127 Å². The zero-order valence-corrected chi connectivity index (χ0v) is 12.1. The number of nitrogens with zero attached hydrogens (tertiary/aromatic N) is 1. The van der Waals surface area contributed by atoms with Crippen LogP contribution in [0.2, 0.25) is 5.02 Å². The minimum absolute atomic E-state index is 0.199. The van der Waals surface area contributed by atoms with E-state index in [0.717, 1.165) is 5.56 Å². The lowest BCUT2D eigenvalue weighted by Gasteiger charge is -2.08. The van der Waals surface area contributed by atoms with E-state index in [0.29, 0.717) is 22.0 Å². The van der Waals surface area contributed by atoms with E-state index in [2.05, 4.69) is 5.32 Å². The van der Waals surface area contributed by atoms with E-state index in [1.165, 1.54) is 0 Å². The molecule has 0 heterocycles. The van der Waals surface area contributed by atoms with Gasteiger partial charge in [0.15, 0.2) is 0 Å². The Balaban J connectivity index is 2.10. The first kappa shape index (κ1) is 14.9. The topological polar surface area (TPSA) is 62.1 Å². The van der Waals surface area contributed by atoms with Crippen molar-refractivity contribution >= 4 is 23.2 Å². The number of nitriles is 1. The minimum atomic E-state index is -0.208. The molecule has 0 fully saturated rings. The summed E-state index contributed by atoms with van der Waals surface area (Å²) in [6, 6.07) is 14.0. The number of carbonyl (C=O) groups is 1. The van der Waals surface area contributed by atoms with E-state index >= 15 is 0 Å². The smallest absolute Gasteiger partial charge is 0.228 e. The zero-order valence-electron chi connectivity index (χ0n) is 11.4. The second-order valence-electron chi connectivity index (χ2n) is 4.38. The van der Waals surface area contributed by atoms with Gasteiger partial charge in [0.25, 0.3) is 0 Å². The van der Waals surface area contributed by atoms with Crippen molar-refractivity contribution in [2.24, 2.45) is 0 Å². The molecule has 106 valence electrons. The van der Waals surface area contributed by atoms with Gasteiger partial charge >= 0.3 is 0 Å². The van der Waals surface area contributed by atoms with Crippen molar-refractivity contribution in [2.75, 3.05) is 12.4 Å². The summed E-state index contributed by atoms with van der Waals surface area (Å²) in [6.07, 6.45) is 0.199. The molecule has 0 atom stereocenters. The number of methoxy groups -OCH3 is 1. The Hall–Kier alpha value is -2.51. The Kier molecular flexibility index (Phi) is 4.81. The minimum Gasteiger partial charge on any atom is -0.497 e. The quantitative estimate of drug-likeness (QED) is 0.941. The van der Waals surface area contributed by atoms with E-state index in [9.17, 15) is 4.79 Å². The molecule has 0 bridgehead atoms. The van der Waals surface area contributed by atoms with Crippen LogP contribution in [0.5, 0.6) is 5.75 Å². The van der Waals surface area contributed by atoms with Gasteiger partial charge in [-0.1, -0.05) is 23.7 Å². The molecule has 0 spiro atoms. The van der Waals surface area contributed by atoms with E-state index in [4.69, 9.17) is 21.6 Å². The Morgan fingerprint density at radius 2 is 2.14 bits per heavy atom. The number of hydrogen-bond acceptors (Lipinski definition) is 3. The fraction of sp³-hybridized carbons (Fsp3) is 0.125. The van der Waals surface area contributed by atoms with Gasteiger partial charge in [0.05, 0.1) is 35.9 Å². The number of ether oxygens (including phenoxy) is 1. The van der Waals surface area contributed by atoms with Crippen molar-refractivity contribution in [1.29, 1.82) is 5.26 Å². The highest BCUT2D eigenvalue weighted by Crippen LogP contribution is 2.23. The van der Waals surface area contributed by atoms with Crippen LogP contribution >= 0.6 is 11.6 Å². The van der Waals surface area contributed by atoms with Crippen LogP contribution in [0.4, 0.5) is 5.69 Å². The number of rotatable bonds is 4. The summed E-state index contributed by atoms with van der Waals surface area (Å²) in [7, 11) is 1.58. The number of amides is 1. The molecule has 0 aromatic heterocycles. The summed E-state index contributed by atoms with van der Waals surface area (Å²) in [5, 5.41) is 12.0. The SMILES string of the molecule is COc1cccc(CC(=O)Nc2cc(C#N)ccc2Cl)c1. The van der Waals surface area contributed by atoms with E-state index < -0.39 is 0 Å². The van der Waals surface area contributed by atoms with E-state index in [-0.39, 0.29) is 12.3 Å². The average molecular weight is 301 g/mol. The van der Waals surface area contributed by atoms with Crippen LogP contribution in [-0.2, 0) is 11.2 Å². The van der Waals surface area contributed by atoms with Crippen LogP contribution in [0.3, 0.4) is 0 Å². The lowest BCUT2D eigenvalue weighted by atomic mass is 10.1. The summed E-state index contributed by atoms with van der Waals surface area (Å²) in [6.45, 7) is 0. The van der Waals surface area contributed by atoms with Crippen LogP contribution in [0, 0.1) is 11.3 Å². The summed E-state index contributed by atoms with van der Waals surface area (Å²) in [5.74, 6) is 0.491. The first-order valence-corrected chi connectivity index (χ1v) is 6.62. The van der Waals surface area contributed by atoms with E-state index in [1.807, 2.05) is 24.3 Å². The second-order valence-corrected chi connectivity index (χ2v) is 4.79. The molecule has 0 saturated heterocycles. The molecule has 5 heteroatoms. The molecule has 2 aromatic carbocycles. The predicted octanol–water partition coefficient (Wildman–Crippen LogP) is 3.40. The highest BCUT2D eigenvalue weighted by atomic mass is 35.5. The first-order valence-electron chi connectivity index (χ1n) is 6.25. The van der Waals surface area contributed by atoms with Crippen LogP contribution in [0.1, 0.15) is 11.1 Å². The van der Waals surface area contributed by atoms with Crippen molar-refractivity contribution in [3.63, 3.8) is 0 Å². The van der Waals surface area contributed by atoms with Gasteiger partial charge in [0.2, 0.25) is 5.91 Å². The number of nitrogens with one attached hydrogen (secondary N) is 1. The fourth-order valence-electron chi connectivity index (χ4n) is 1.85. The van der Waals surface area contributed by atoms with Gasteiger partial charge < -0.3 is 10.1 Å². The molecule has 21 heavy (non-hydrogen) atoms. The number of benzene rings is 2. The van der Waals surface area contributed by atoms with Gasteiger partial charge in [-0.05, 0) is 35.9 Å². The number of hydrogen-bond donors (Lipinski definition) is 1. The summed E-state index contributed by atoms with van der Waals surface area (Å²) in [5.41, 5.74) is 1.71. The lowest BCUT2D eigenvalue weighted by Crippen LogP contribution is -2.14. The number of carbonyl (C=O) groups excluding carboxylic acids is 1. The molecule has 0 aliphatic rings. The highest BCUT2D eigenvalue weighted by molar-refractivity contribution is 6.33. The molecule has 4 nitrogen and oxygen atoms in total. The molecule has 0 saturated carbocycles. The molecule has 0 aliphatic heterocycles. The van der Waals surface area contributed by atoms with Crippen molar-refractivity contribution in [1.82, 2.24) is 0 Å². The molecule has 2 aromatic rings. The Morgan fingerprint density at radius 1 is 1.33 bits per heavy atom. The van der Waals surface area contributed by atoms with Crippen LogP contribution < -0.4 is 10.1 Å². The normalized spacial score (nSPS) is 9.76. The highest BCUT2D eigenvalue weighted by Gasteiger charge is 2.08. The number of halogens is 1. The molecular weight excluding hydrogens is 288 g/mol. The average Bonchev–Trinajstić information content (AvgIpc) is 2.49. The monoisotopic (exact) mass is 300 g/mol. The zero-order chi connectivity index (χ0) is 15.2. The van der Waals surface area contributed by atoms with Crippen LogP contribution in [0.25, 0.3) is 0 Å². The third-order valence-electron chi connectivity index (χ3n) is 2.87. The van der Waals surface area contributed by atoms with Gasteiger partial charge in [0, 0.05) is 0 Å². The fourth-order valence-corrected chi connectivity index (χ4v) is 2.02. The van der Waals surface area contributed by atoms with Crippen molar-refractivity contribution in [2.45, 2.75) is 6.42 Å². The predicted molar refractivity (Wildman–Crippen MR) is 81.5 cm³/mol. The van der Waals surface area contributed by atoms with Crippen molar-refractivity contribution < 1.29 is 9.53 Å². The Morgan fingerprint density at radius 3 is 2.86 bits per heavy atom. The second kappa shape index (κ2) is 6.78. The molecule has 0 radical (unpaired) electrons. The first-order chi connectivity index (χ1) is 10.1. The standard InChI is InChI=1S/C16H13ClN2O2/c1-21-13-4-2-3-11(7-13)9-16(20)19-15-8-12(10-18)5-6-14(15)17/h2-8H,9H2,1H3,(H,19,20). The van der Waals surface area contributed by atoms with Gasteiger partial charge in [-0.15, -0.1) is 0 Å². The van der Waals surface area contributed by atoms with Crippen molar-refractivity contribution in [3.05, 3.63) is 58.6 Å². The largest absolute Gasteiger partial charge is 0.497 e. The molecule has 0 unspecified atom stereocenters. The number of anilines is 1. The van der Waals surface area contributed by atoms with E-state index in [1.54, 1.807) is 31.4 Å². The van der Waals surface area contributed by atoms with Crippen LogP contribution in [0.15, 0.2) is 42.5 Å². The molecular formula is C16H13ClN2O2. The summed E-state index contributed by atoms with van der Waals surface area (Å²) in [4.78, 5) is 12.0. The summed E-state index contributed by atoms with van der Waals surface area (Å²) < 4.78 is 5.12.